The van der Waals surface area contributed by atoms with Crippen molar-refractivity contribution in [3.8, 4) is 11.3 Å². The van der Waals surface area contributed by atoms with Gasteiger partial charge in [-0.2, -0.15) is 5.10 Å². The lowest BCUT2D eigenvalue weighted by Gasteiger charge is -2.45. The van der Waals surface area contributed by atoms with Gasteiger partial charge in [0.25, 0.3) is 0 Å². The van der Waals surface area contributed by atoms with Crippen LogP contribution in [-0.4, -0.2) is 85.1 Å². The number of piperazine rings is 1. The molecule has 2 fully saturated rings. The number of fused-ring (bicyclic) bond motifs is 2. The van der Waals surface area contributed by atoms with Crippen molar-refractivity contribution in [3.05, 3.63) is 41.3 Å². The molecule has 0 bridgehead atoms. The minimum atomic E-state index is 0.139. The Kier molecular flexibility index (Phi) is 6.57. The number of rotatable bonds is 5. The van der Waals surface area contributed by atoms with Crippen LogP contribution in [0.4, 0.5) is 5.82 Å². The molecule has 0 spiro atoms. The van der Waals surface area contributed by atoms with Crippen molar-refractivity contribution < 1.29 is 4.79 Å². The zero-order chi connectivity index (χ0) is 27.4. The number of hydrogen-bond acceptors (Lipinski definition) is 6. The maximum absolute atomic E-state index is 13.1. The van der Waals surface area contributed by atoms with E-state index in [2.05, 4.69) is 89.6 Å². The molecule has 4 aromatic rings. The molecule has 9 heteroatoms. The number of nitrogens with one attached hydrogen (secondary N) is 1. The monoisotopic (exact) mass is 528 g/mol. The number of aromatic amines is 1. The number of nitrogens with zero attached hydrogens (tertiary/aromatic N) is 7. The van der Waals surface area contributed by atoms with Gasteiger partial charge >= 0.3 is 0 Å². The molecule has 206 valence electrons. The molecule has 2 aliphatic rings. The normalized spacial score (nSPS) is 20.7. The first-order chi connectivity index (χ1) is 18.7. The van der Waals surface area contributed by atoms with Gasteiger partial charge < -0.3 is 14.8 Å². The second-order valence-corrected chi connectivity index (χ2v) is 11.8. The molecule has 4 aromatic heterocycles. The third-order valence-electron chi connectivity index (χ3n) is 8.80. The Bertz CT molecular complexity index is 1530. The van der Waals surface area contributed by atoms with E-state index < -0.39 is 0 Å². The highest BCUT2D eigenvalue weighted by molar-refractivity contribution is 5.90. The summed E-state index contributed by atoms with van der Waals surface area (Å²) in [5, 5.41) is 4.41. The number of anilines is 1. The average Bonchev–Trinajstić information content (AvgIpc) is 3.66. The molecule has 6 rings (SSSR count). The van der Waals surface area contributed by atoms with Gasteiger partial charge in [-0.25, -0.2) is 14.5 Å². The Morgan fingerprint density at radius 2 is 1.85 bits per heavy atom. The Balaban J connectivity index is 1.33. The number of amides is 1. The molecule has 1 amide bonds. The number of carbonyl (C=O) groups is 1. The number of aromatic nitrogens is 5. The van der Waals surface area contributed by atoms with Crippen LogP contribution in [-0.2, 0) is 4.79 Å². The van der Waals surface area contributed by atoms with E-state index in [1.54, 1.807) is 6.33 Å². The average molecular weight is 529 g/mol. The van der Waals surface area contributed by atoms with E-state index in [0.29, 0.717) is 6.54 Å². The van der Waals surface area contributed by atoms with Crippen molar-refractivity contribution in [2.75, 3.05) is 37.6 Å². The maximum Gasteiger partial charge on any atom is 0.237 e. The van der Waals surface area contributed by atoms with Gasteiger partial charge in [0.2, 0.25) is 5.91 Å². The maximum atomic E-state index is 13.1. The summed E-state index contributed by atoms with van der Waals surface area (Å²) in [5.41, 5.74) is 8.71. The van der Waals surface area contributed by atoms with Crippen LogP contribution in [0, 0.1) is 13.8 Å². The molecule has 6 heterocycles. The second kappa shape index (κ2) is 9.93. The fourth-order valence-electron chi connectivity index (χ4n) is 6.48. The van der Waals surface area contributed by atoms with Crippen molar-refractivity contribution in [1.29, 1.82) is 0 Å². The summed E-state index contributed by atoms with van der Waals surface area (Å²) in [4.78, 5) is 33.3. The Labute approximate surface area is 230 Å². The topological polar surface area (TPSA) is 85.7 Å². The molecular formula is C30H40N8O. The van der Waals surface area contributed by atoms with Crippen molar-refractivity contribution in [2.24, 2.45) is 0 Å². The summed E-state index contributed by atoms with van der Waals surface area (Å²) < 4.78 is 1.86. The van der Waals surface area contributed by atoms with Gasteiger partial charge in [0, 0.05) is 42.5 Å². The number of carbonyl (C=O) groups excluding carboxylic acids is 1. The minimum Gasteiger partial charge on any atom is -0.353 e. The Hall–Kier alpha value is -3.46. The van der Waals surface area contributed by atoms with Crippen LogP contribution in [0.5, 0.6) is 0 Å². The van der Waals surface area contributed by atoms with Gasteiger partial charge in [-0.1, -0.05) is 13.8 Å². The van der Waals surface area contributed by atoms with Crippen molar-refractivity contribution in [3.63, 3.8) is 0 Å². The molecule has 9 nitrogen and oxygen atoms in total. The van der Waals surface area contributed by atoms with E-state index >= 15 is 0 Å². The highest BCUT2D eigenvalue weighted by Crippen LogP contribution is 2.38. The third kappa shape index (κ3) is 4.46. The lowest BCUT2D eigenvalue weighted by Crippen LogP contribution is -2.59. The molecule has 2 atom stereocenters. The zero-order valence-corrected chi connectivity index (χ0v) is 24.0. The van der Waals surface area contributed by atoms with Crippen molar-refractivity contribution in [1.82, 2.24) is 34.4 Å². The minimum absolute atomic E-state index is 0.139. The predicted octanol–water partition coefficient (Wildman–Crippen LogP) is 4.53. The Morgan fingerprint density at radius 1 is 1.08 bits per heavy atom. The quantitative estimate of drug-likeness (QED) is 0.410. The van der Waals surface area contributed by atoms with Crippen LogP contribution < -0.4 is 4.90 Å². The highest BCUT2D eigenvalue weighted by atomic mass is 16.2. The van der Waals surface area contributed by atoms with Crippen LogP contribution in [0.1, 0.15) is 63.1 Å². The van der Waals surface area contributed by atoms with E-state index in [1.165, 1.54) is 24.0 Å². The Morgan fingerprint density at radius 3 is 2.59 bits per heavy atom. The highest BCUT2D eigenvalue weighted by Gasteiger charge is 2.34. The second-order valence-electron chi connectivity index (χ2n) is 11.8. The summed E-state index contributed by atoms with van der Waals surface area (Å²) in [5.74, 6) is 1.51. The molecule has 0 unspecified atom stereocenters. The first-order valence-corrected chi connectivity index (χ1v) is 14.3. The molecular weight excluding hydrogens is 488 g/mol. The molecule has 1 N–H and O–H groups in total. The SMILES string of the molecule is Cc1c(-c2[nH]c3ccc(N4C[C@@H](C)N(C(=O)CN5CCCC5)C[C@@H]4C)nc3c2C(C)C)cn2ncnc2c1C. The molecule has 2 saturated heterocycles. The van der Waals surface area contributed by atoms with E-state index in [9.17, 15) is 4.79 Å². The van der Waals surface area contributed by atoms with Gasteiger partial charge in [0.1, 0.15) is 12.1 Å². The number of H-pyrrole nitrogens is 1. The van der Waals surface area contributed by atoms with Crippen LogP contribution >= 0.6 is 0 Å². The summed E-state index contributed by atoms with van der Waals surface area (Å²) >= 11 is 0. The van der Waals surface area contributed by atoms with E-state index in [0.717, 1.165) is 65.5 Å². The van der Waals surface area contributed by atoms with Crippen LogP contribution in [0.25, 0.3) is 27.9 Å². The standard InChI is InChI=1S/C30H40N8O/c1-18(2)27-28(23-15-38-30(31-17-32-38)22(6)21(23)5)33-24-9-10-25(34-29(24)27)36-13-20(4)37(14-19(36)3)26(39)16-35-11-7-8-12-35/h9-10,15,17-20,33H,7-8,11-14,16H2,1-6H3/t19-,20+/m0/s1. The van der Waals surface area contributed by atoms with Gasteiger partial charge in [0.05, 0.1) is 23.3 Å². The van der Waals surface area contributed by atoms with Crippen molar-refractivity contribution >= 4 is 28.4 Å². The largest absolute Gasteiger partial charge is 0.353 e. The first-order valence-electron chi connectivity index (χ1n) is 14.3. The molecule has 39 heavy (non-hydrogen) atoms. The zero-order valence-electron chi connectivity index (χ0n) is 24.0. The molecule has 0 aliphatic carbocycles. The van der Waals surface area contributed by atoms with Crippen LogP contribution in [0.15, 0.2) is 24.7 Å². The molecule has 2 aliphatic heterocycles. The van der Waals surface area contributed by atoms with Crippen LogP contribution in [0.2, 0.25) is 0 Å². The van der Waals surface area contributed by atoms with Gasteiger partial charge in [-0.05, 0) is 82.8 Å². The van der Waals surface area contributed by atoms with E-state index in [1.807, 2.05) is 4.52 Å². The van der Waals surface area contributed by atoms with Gasteiger partial charge in [0.15, 0.2) is 5.65 Å². The summed E-state index contributed by atoms with van der Waals surface area (Å²) in [6.45, 7) is 17.2. The first kappa shape index (κ1) is 25.8. The van der Waals surface area contributed by atoms with E-state index in [4.69, 9.17) is 4.98 Å². The number of likely N-dealkylation sites (tertiary alicyclic amines) is 1. The molecule has 0 aromatic carbocycles. The number of hydrogen-bond donors (Lipinski definition) is 1. The lowest BCUT2D eigenvalue weighted by molar-refractivity contribution is -0.135. The van der Waals surface area contributed by atoms with Gasteiger partial charge in [-0.3, -0.25) is 9.69 Å². The fourth-order valence-corrected chi connectivity index (χ4v) is 6.48. The number of aryl methyl sites for hydroxylation is 1. The molecule has 0 radical (unpaired) electrons. The molecule has 0 saturated carbocycles. The van der Waals surface area contributed by atoms with Gasteiger partial charge in [-0.15, -0.1) is 0 Å². The number of pyridine rings is 2. The smallest absolute Gasteiger partial charge is 0.237 e. The summed E-state index contributed by atoms with van der Waals surface area (Å²) in [6, 6.07) is 4.61. The van der Waals surface area contributed by atoms with Crippen LogP contribution in [0.3, 0.4) is 0 Å². The summed E-state index contributed by atoms with van der Waals surface area (Å²) in [7, 11) is 0. The lowest BCUT2D eigenvalue weighted by atomic mass is 9.95. The predicted molar refractivity (Wildman–Crippen MR) is 155 cm³/mol. The van der Waals surface area contributed by atoms with E-state index in [-0.39, 0.29) is 23.9 Å². The summed E-state index contributed by atoms with van der Waals surface area (Å²) in [6.07, 6.45) is 6.09. The third-order valence-corrected chi connectivity index (χ3v) is 8.80. The fraction of sp³-hybridized carbons (Fsp3) is 0.533. The van der Waals surface area contributed by atoms with Crippen molar-refractivity contribution in [2.45, 2.75) is 72.4 Å².